The van der Waals surface area contributed by atoms with Crippen LogP contribution in [-0.4, -0.2) is 84.2 Å². The monoisotopic (exact) mass is 443 g/mol. The third kappa shape index (κ3) is 18.2. The van der Waals surface area contributed by atoms with E-state index in [0.29, 0.717) is 98.2 Å². The molecule has 0 aliphatic heterocycles. The first-order valence-corrected chi connectivity index (χ1v) is 10.2. The van der Waals surface area contributed by atoms with E-state index in [1.54, 1.807) is 0 Å². The van der Waals surface area contributed by atoms with Crippen LogP contribution < -0.4 is 0 Å². The molecule has 14 heteroatoms. The summed E-state index contributed by atoms with van der Waals surface area (Å²) >= 11 is 0. The molecule has 31 heavy (non-hydrogen) atoms. The van der Waals surface area contributed by atoms with E-state index in [1.165, 1.54) is 0 Å². The lowest BCUT2D eigenvalue weighted by molar-refractivity contribution is -0.107. The lowest BCUT2D eigenvalue weighted by Gasteiger charge is -2.33. The van der Waals surface area contributed by atoms with Gasteiger partial charge < -0.3 is 24.1 Å². The van der Waals surface area contributed by atoms with E-state index in [-0.39, 0.29) is 6.61 Å². The molecule has 0 rings (SSSR count). The molecule has 0 aromatic heterocycles. The number of hydrogen-bond acceptors (Lipinski definition) is 8. The fraction of sp³-hybridized carbons (Fsp3) is 1.00. The number of hydrogen-bond donors (Lipinski definition) is 1. The summed E-state index contributed by atoms with van der Waals surface area (Å²) in [6, 6.07) is 0. The zero-order valence-corrected chi connectivity index (χ0v) is 17.9. The highest BCUT2D eigenvalue weighted by Crippen LogP contribution is 2.21. The number of aliphatic hydroxyl groups is 1. The van der Waals surface area contributed by atoms with Crippen molar-refractivity contribution in [3.63, 3.8) is 0 Å². The molecule has 0 aromatic rings. The van der Waals surface area contributed by atoms with Crippen molar-refractivity contribution in [2.24, 2.45) is 20.8 Å². The van der Waals surface area contributed by atoms with Gasteiger partial charge in [-0.05, 0) is 42.3 Å². The van der Waals surface area contributed by atoms with E-state index in [4.69, 9.17) is 40.6 Å². The van der Waals surface area contributed by atoms with Gasteiger partial charge in [0.1, 0.15) is 0 Å². The van der Waals surface area contributed by atoms with Crippen molar-refractivity contribution < 1.29 is 24.1 Å². The van der Waals surface area contributed by atoms with Crippen LogP contribution in [0.4, 0.5) is 0 Å². The summed E-state index contributed by atoms with van der Waals surface area (Å²) in [6.45, 7) is 3.90. The Morgan fingerprint density at radius 1 is 0.581 bits per heavy atom. The van der Waals surface area contributed by atoms with Crippen molar-refractivity contribution in [2.75, 3.05) is 79.1 Å². The summed E-state index contributed by atoms with van der Waals surface area (Å²) in [4.78, 5) is 8.13. The Labute approximate surface area is 181 Å². The summed E-state index contributed by atoms with van der Waals surface area (Å²) < 4.78 is 23.1. The molecule has 0 aliphatic rings. The molecule has 0 radical (unpaired) electrons. The predicted molar refractivity (Wildman–Crippen MR) is 113 cm³/mol. The number of nitrogens with zero attached hydrogens (tertiary/aromatic N) is 9. The van der Waals surface area contributed by atoms with E-state index in [9.17, 15) is 0 Å². The molecule has 0 saturated heterocycles. The van der Waals surface area contributed by atoms with Crippen molar-refractivity contribution in [1.29, 1.82) is 0 Å². The van der Waals surface area contributed by atoms with Gasteiger partial charge in [0.25, 0.3) is 0 Å². The van der Waals surface area contributed by atoms with Crippen LogP contribution in [0.1, 0.15) is 25.7 Å². The fourth-order valence-corrected chi connectivity index (χ4v) is 2.42. The van der Waals surface area contributed by atoms with Crippen LogP contribution >= 0.6 is 0 Å². The van der Waals surface area contributed by atoms with E-state index in [2.05, 4.69) is 30.1 Å². The first kappa shape index (κ1) is 28.7. The maximum atomic E-state index is 8.97. The van der Waals surface area contributed by atoms with Crippen LogP contribution in [0.25, 0.3) is 31.3 Å². The SMILES string of the molecule is [N-]=[N+]=NCCCOCC(COCCCO)(COCCCN=[N+]=[N-])COCCCN=[N+]=[N-]. The molecule has 1 N–H and O–H groups in total. The van der Waals surface area contributed by atoms with Crippen molar-refractivity contribution in [3.8, 4) is 0 Å². The average molecular weight is 444 g/mol. The average Bonchev–Trinajstić information content (AvgIpc) is 2.78. The van der Waals surface area contributed by atoms with Gasteiger partial charge in [-0.2, -0.15) is 0 Å². The van der Waals surface area contributed by atoms with Gasteiger partial charge in [-0.1, -0.05) is 15.3 Å². The Kier molecular flexibility index (Phi) is 20.8. The van der Waals surface area contributed by atoms with E-state index in [1.807, 2.05) is 0 Å². The summed E-state index contributed by atoms with van der Waals surface area (Å²) in [5.41, 5.74) is 24.4. The second-order valence-electron chi connectivity index (χ2n) is 6.71. The number of ether oxygens (including phenoxy) is 4. The van der Waals surface area contributed by atoms with Crippen LogP contribution in [-0.2, 0) is 18.9 Å². The van der Waals surface area contributed by atoms with Crippen LogP contribution in [0.15, 0.2) is 15.3 Å². The summed E-state index contributed by atoms with van der Waals surface area (Å²) in [7, 11) is 0. The largest absolute Gasteiger partial charge is 0.396 e. The highest BCUT2D eigenvalue weighted by atomic mass is 16.5. The van der Waals surface area contributed by atoms with Crippen molar-refractivity contribution in [1.82, 2.24) is 0 Å². The Morgan fingerprint density at radius 2 is 0.903 bits per heavy atom. The molecular formula is C17H33N9O5. The molecule has 0 fully saturated rings. The third-order valence-corrected chi connectivity index (χ3v) is 3.91. The topological polar surface area (TPSA) is 203 Å². The standard InChI is InChI=1S/C17H33N9O5/c18-24-21-5-1-9-28-13-17(16-31-12-4-8-27,14-29-10-2-6-22-25-19)15-30-11-3-7-23-26-20/h27H,1-16H2. The lowest BCUT2D eigenvalue weighted by atomic mass is 9.92. The second kappa shape index (κ2) is 22.4. The fourth-order valence-electron chi connectivity index (χ4n) is 2.42. The molecule has 0 amide bonds. The van der Waals surface area contributed by atoms with Crippen LogP contribution in [0.5, 0.6) is 0 Å². The molecule has 176 valence electrons. The van der Waals surface area contributed by atoms with Gasteiger partial charge in [-0.15, -0.1) is 0 Å². The van der Waals surface area contributed by atoms with Gasteiger partial charge in [-0.25, -0.2) is 0 Å². The van der Waals surface area contributed by atoms with Gasteiger partial charge in [0.05, 0.1) is 31.8 Å². The Balaban J connectivity index is 4.83. The molecule has 0 bridgehead atoms. The maximum absolute atomic E-state index is 8.97. The molecule has 0 aromatic carbocycles. The number of aliphatic hydroxyl groups excluding tert-OH is 1. The highest BCUT2D eigenvalue weighted by Gasteiger charge is 2.32. The van der Waals surface area contributed by atoms with Gasteiger partial charge in [0, 0.05) is 67.4 Å². The molecule has 0 atom stereocenters. The van der Waals surface area contributed by atoms with Crippen LogP contribution in [0.3, 0.4) is 0 Å². The van der Waals surface area contributed by atoms with E-state index < -0.39 is 5.41 Å². The van der Waals surface area contributed by atoms with Crippen molar-refractivity contribution in [2.45, 2.75) is 25.7 Å². The molecule has 0 saturated carbocycles. The first-order valence-electron chi connectivity index (χ1n) is 10.2. The normalized spacial score (nSPS) is 12.3. The quantitative estimate of drug-likeness (QED) is 0.109. The predicted octanol–water partition coefficient (Wildman–Crippen LogP) is 3.52. The van der Waals surface area contributed by atoms with Crippen LogP contribution in [0.2, 0.25) is 0 Å². The molecule has 14 nitrogen and oxygen atoms in total. The first-order chi connectivity index (χ1) is 15.2. The van der Waals surface area contributed by atoms with Crippen molar-refractivity contribution >= 4 is 0 Å². The zero-order chi connectivity index (χ0) is 22.9. The second-order valence-corrected chi connectivity index (χ2v) is 6.71. The Hall–Kier alpha value is -2.27. The number of azide groups is 3. The Bertz CT molecular complexity index is 507. The summed E-state index contributed by atoms with van der Waals surface area (Å²) in [5, 5.41) is 19.4. The number of rotatable bonds is 23. The third-order valence-electron chi connectivity index (χ3n) is 3.91. The Morgan fingerprint density at radius 3 is 1.19 bits per heavy atom. The summed E-state index contributed by atoms with van der Waals surface area (Å²) in [5.74, 6) is 0. The molecule has 0 aliphatic carbocycles. The van der Waals surface area contributed by atoms with Crippen molar-refractivity contribution in [3.05, 3.63) is 31.3 Å². The van der Waals surface area contributed by atoms with Gasteiger partial charge in [-0.3, -0.25) is 0 Å². The van der Waals surface area contributed by atoms with Gasteiger partial charge in [0.15, 0.2) is 0 Å². The molecule has 0 heterocycles. The van der Waals surface area contributed by atoms with Gasteiger partial charge in [0.2, 0.25) is 0 Å². The highest BCUT2D eigenvalue weighted by molar-refractivity contribution is 4.79. The zero-order valence-electron chi connectivity index (χ0n) is 17.9. The minimum atomic E-state index is -0.592. The van der Waals surface area contributed by atoms with Crippen LogP contribution in [0, 0.1) is 5.41 Å². The maximum Gasteiger partial charge on any atom is 0.0637 e. The minimum absolute atomic E-state index is 0.0364. The van der Waals surface area contributed by atoms with E-state index in [0.717, 1.165) is 0 Å². The lowest BCUT2D eigenvalue weighted by Crippen LogP contribution is -2.42. The minimum Gasteiger partial charge on any atom is -0.396 e. The smallest absolute Gasteiger partial charge is 0.0637 e. The molecule has 0 unspecified atom stereocenters. The molecule has 0 spiro atoms. The van der Waals surface area contributed by atoms with E-state index >= 15 is 0 Å². The van der Waals surface area contributed by atoms with Gasteiger partial charge >= 0.3 is 0 Å². The molecular weight excluding hydrogens is 410 g/mol. The summed E-state index contributed by atoms with van der Waals surface area (Å²) in [6.07, 6.45) is 2.28.